The molecule has 0 unspecified atom stereocenters. The zero-order valence-corrected chi connectivity index (χ0v) is 21.8. The predicted molar refractivity (Wildman–Crippen MR) is 155 cm³/mol. The van der Waals surface area contributed by atoms with E-state index in [-0.39, 0.29) is 5.56 Å². The Hall–Kier alpha value is -4.42. The molecule has 38 heavy (non-hydrogen) atoms. The number of benzene rings is 4. The topological polar surface area (TPSA) is 52.8 Å². The Kier molecular flexibility index (Phi) is 6.40. The fraction of sp³-hybridized carbons (Fsp3) is 0.125. The number of rotatable bonds is 8. The number of ether oxygens (including phenoxy) is 2. The normalized spacial score (nSPS) is 12.0. The second-order valence-corrected chi connectivity index (χ2v) is 10.0. The molecule has 4 aromatic carbocycles. The lowest BCUT2D eigenvalue weighted by Gasteiger charge is -2.17. The number of hydrogen-bond donors (Lipinski definition) is 0. The van der Waals surface area contributed by atoms with Gasteiger partial charge in [-0.25, -0.2) is 9.38 Å². The first-order valence-electron chi connectivity index (χ1n) is 12.6. The number of para-hydroxylation sites is 2. The maximum absolute atomic E-state index is 13.3. The van der Waals surface area contributed by atoms with Crippen LogP contribution in [0.3, 0.4) is 0 Å². The third-order valence-corrected chi connectivity index (χ3v) is 7.48. The molecule has 0 radical (unpaired) electrons. The summed E-state index contributed by atoms with van der Waals surface area (Å²) in [7, 11) is 0. The molecule has 0 fully saturated rings. The molecule has 6 rings (SSSR count). The average molecular weight is 519 g/mol. The number of allylic oxidation sites excluding steroid dienone is 1. The van der Waals surface area contributed by atoms with E-state index in [0.29, 0.717) is 40.6 Å². The highest BCUT2D eigenvalue weighted by atomic mass is 32.1. The standard InChI is InChI=1S/C32H26N2O3S/c1-3-10-23-17-21(19-29-31(35)34-27-16-8-7-15-26(27)33-32(34)38-29)18-28(36-4-2)30(23)37-20-24-13-9-12-22-11-5-6-14-25(22)24/h3,5-9,11-19H,1,4,10,20H2,2H3. The molecular formula is C32H26N2O3S. The first-order valence-corrected chi connectivity index (χ1v) is 13.4. The minimum Gasteiger partial charge on any atom is -0.490 e. The Morgan fingerprint density at radius 2 is 1.79 bits per heavy atom. The van der Waals surface area contributed by atoms with E-state index in [0.717, 1.165) is 27.7 Å². The molecule has 0 N–H and O–H groups in total. The minimum absolute atomic E-state index is 0.0711. The molecule has 188 valence electrons. The van der Waals surface area contributed by atoms with Crippen molar-refractivity contribution in [1.82, 2.24) is 9.38 Å². The van der Waals surface area contributed by atoms with Crippen LogP contribution in [0.5, 0.6) is 11.5 Å². The maximum Gasteiger partial charge on any atom is 0.274 e. The summed E-state index contributed by atoms with van der Waals surface area (Å²) in [6, 6.07) is 26.2. The van der Waals surface area contributed by atoms with Gasteiger partial charge in [0.1, 0.15) is 6.61 Å². The van der Waals surface area contributed by atoms with Gasteiger partial charge in [0, 0.05) is 5.56 Å². The van der Waals surface area contributed by atoms with E-state index in [1.165, 1.54) is 22.1 Å². The van der Waals surface area contributed by atoms with Gasteiger partial charge in [0.2, 0.25) is 0 Å². The lowest BCUT2D eigenvalue weighted by molar-refractivity contribution is 0.268. The first-order chi connectivity index (χ1) is 18.7. The summed E-state index contributed by atoms with van der Waals surface area (Å²) in [4.78, 5) is 18.6. The van der Waals surface area contributed by atoms with Crippen LogP contribution in [0.15, 0.2) is 96.3 Å². The molecule has 6 aromatic rings. The first kappa shape index (κ1) is 23.9. The van der Waals surface area contributed by atoms with Gasteiger partial charge in [-0.3, -0.25) is 4.79 Å². The Balaban J connectivity index is 1.42. The van der Waals surface area contributed by atoms with Gasteiger partial charge in [-0.1, -0.05) is 72.0 Å². The van der Waals surface area contributed by atoms with Crippen molar-refractivity contribution in [3.8, 4) is 11.5 Å². The second-order valence-electron chi connectivity index (χ2n) is 8.99. The summed E-state index contributed by atoms with van der Waals surface area (Å²) in [6.07, 6.45) is 4.36. The zero-order chi connectivity index (χ0) is 26.1. The SMILES string of the molecule is C=CCc1cc(C=c2sc3nc4ccccc4n3c2=O)cc(OCC)c1OCc1cccc2ccccc12. The van der Waals surface area contributed by atoms with E-state index in [1.54, 1.807) is 4.40 Å². The summed E-state index contributed by atoms with van der Waals surface area (Å²) >= 11 is 1.39. The Labute approximate surface area is 223 Å². The van der Waals surface area contributed by atoms with Crippen molar-refractivity contribution in [3.63, 3.8) is 0 Å². The van der Waals surface area contributed by atoms with Crippen LogP contribution in [0.25, 0.3) is 32.8 Å². The van der Waals surface area contributed by atoms with Crippen molar-refractivity contribution in [2.24, 2.45) is 0 Å². The zero-order valence-electron chi connectivity index (χ0n) is 21.0. The number of thiazole rings is 1. The van der Waals surface area contributed by atoms with E-state index >= 15 is 0 Å². The highest BCUT2D eigenvalue weighted by molar-refractivity contribution is 7.15. The monoisotopic (exact) mass is 518 g/mol. The summed E-state index contributed by atoms with van der Waals surface area (Å²) in [5.74, 6) is 1.35. The van der Waals surface area contributed by atoms with Gasteiger partial charge in [0.25, 0.3) is 5.56 Å². The van der Waals surface area contributed by atoms with Crippen molar-refractivity contribution < 1.29 is 9.47 Å². The molecule has 0 saturated heterocycles. The number of fused-ring (bicyclic) bond motifs is 4. The van der Waals surface area contributed by atoms with Crippen LogP contribution in [0.1, 0.15) is 23.6 Å². The largest absolute Gasteiger partial charge is 0.490 e. The maximum atomic E-state index is 13.3. The number of hydrogen-bond acceptors (Lipinski definition) is 5. The third kappa shape index (κ3) is 4.33. The van der Waals surface area contributed by atoms with Crippen LogP contribution in [0, 0.1) is 0 Å². The van der Waals surface area contributed by atoms with Gasteiger partial charge in [0.15, 0.2) is 16.5 Å². The summed E-state index contributed by atoms with van der Waals surface area (Å²) in [5, 5.41) is 2.35. The molecule has 0 aliphatic rings. The number of aromatic nitrogens is 2. The van der Waals surface area contributed by atoms with E-state index in [2.05, 4.69) is 41.9 Å². The van der Waals surface area contributed by atoms with Crippen molar-refractivity contribution in [1.29, 1.82) is 0 Å². The summed E-state index contributed by atoms with van der Waals surface area (Å²) < 4.78 is 14.8. The quantitative estimate of drug-likeness (QED) is 0.221. The molecule has 0 bridgehead atoms. The van der Waals surface area contributed by atoms with Crippen LogP contribution in [0.2, 0.25) is 0 Å². The van der Waals surface area contributed by atoms with Gasteiger partial charge in [0.05, 0.1) is 22.2 Å². The van der Waals surface area contributed by atoms with E-state index in [1.807, 2.05) is 67.6 Å². The second kappa shape index (κ2) is 10.1. The highest BCUT2D eigenvalue weighted by Gasteiger charge is 2.15. The van der Waals surface area contributed by atoms with Gasteiger partial charge in [-0.2, -0.15) is 0 Å². The van der Waals surface area contributed by atoms with Crippen molar-refractivity contribution in [3.05, 3.63) is 123 Å². The molecule has 0 aliphatic heterocycles. The fourth-order valence-electron chi connectivity index (χ4n) is 4.83. The Morgan fingerprint density at radius 3 is 2.66 bits per heavy atom. The fourth-order valence-corrected chi connectivity index (χ4v) is 5.82. The molecule has 0 aliphatic carbocycles. The van der Waals surface area contributed by atoms with Crippen molar-refractivity contribution in [2.45, 2.75) is 20.0 Å². The van der Waals surface area contributed by atoms with Crippen LogP contribution in [-0.2, 0) is 13.0 Å². The summed E-state index contributed by atoms with van der Waals surface area (Å²) in [5.41, 5.74) is 4.50. The molecular weight excluding hydrogens is 492 g/mol. The van der Waals surface area contributed by atoms with Crippen molar-refractivity contribution >= 4 is 44.2 Å². The van der Waals surface area contributed by atoms with E-state index in [4.69, 9.17) is 9.47 Å². The van der Waals surface area contributed by atoms with Crippen LogP contribution < -0.4 is 19.6 Å². The smallest absolute Gasteiger partial charge is 0.274 e. The Bertz CT molecular complexity index is 1910. The summed E-state index contributed by atoms with van der Waals surface area (Å²) in [6.45, 7) is 6.80. The highest BCUT2D eigenvalue weighted by Crippen LogP contribution is 2.35. The lowest BCUT2D eigenvalue weighted by Crippen LogP contribution is -2.22. The molecule has 0 atom stereocenters. The van der Waals surface area contributed by atoms with Crippen LogP contribution in [0.4, 0.5) is 0 Å². The molecule has 0 spiro atoms. The van der Waals surface area contributed by atoms with Crippen molar-refractivity contribution in [2.75, 3.05) is 6.61 Å². The molecule has 2 aromatic heterocycles. The van der Waals surface area contributed by atoms with Gasteiger partial charge in [-0.05, 0) is 65.6 Å². The number of nitrogens with zero attached hydrogens (tertiary/aromatic N) is 2. The molecule has 0 saturated carbocycles. The molecule has 6 heteroatoms. The number of imidazole rings is 1. The van der Waals surface area contributed by atoms with E-state index < -0.39 is 0 Å². The van der Waals surface area contributed by atoms with Crippen LogP contribution >= 0.6 is 11.3 Å². The average Bonchev–Trinajstić information content (AvgIpc) is 3.44. The predicted octanol–water partition coefficient (Wildman–Crippen LogP) is 6.32. The minimum atomic E-state index is -0.0711. The molecule has 5 nitrogen and oxygen atoms in total. The van der Waals surface area contributed by atoms with Gasteiger partial charge < -0.3 is 9.47 Å². The third-order valence-electron chi connectivity index (χ3n) is 6.51. The van der Waals surface area contributed by atoms with E-state index in [9.17, 15) is 4.79 Å². The Morgan fingerprint density at radius 1 is 0.974 bits per heavy atom. The molecule has 2 heterocycles. The van der Waals surface area contributed by atoms with Gasteiger partial charge in [-0.15, -0.1) is 6.58 Å². The van der Waals surface area contributed by atoms with Crippen LogP contribution in [-0.4, -0.2) is 16.0 Å². The van der Waals surface area contributed by atoms with Gasteiger partial charge >= 0.3 is 0 Å². The lowest BCUT2D eigenvalue weighted by atomic mass is 10.0. The molecule has 0 amide bonds.